The number of amides is 1. The van der Waals surface area contributed by atoms with Crippen LogP contribution in [0.1, 0.15) is 23.1 Å². The predicted molar refractivity (Wildman–Crippen MR) is 90.1 cm³/mol. The lowest BCUT2D eigenvalue weighted by Gasteiger charge is -2.30. The summed E-state index contributed by atoms with van der Waals surface area (Å²) in [7, 11) is 0. The first-order valence-corrected chi connectivity index (χ1v) is 7.85. The van der Waals surface area contributed by atoms with Crippen LogP contribution in [0.5, 0.6) is 0 Å². The highest BCUT2D eigenvalue weighted by molar-refractivity contribution is 6.27. The van der Waals surface area contributed by atoms with Gasteiger partial charge in [0.1, 0.15) is 23.3 Å². The molecule has 1 fully saturated rings. The minimum atomic E-state index is -1.49. The van der Waals surface area contributed by atoms with Gasteiger partial charge < -0.3 is 5.11 Å². The van der Waals surface area contributed by atoms with Crippen LogP contribution in [0.3, 0.4) is 0 Å². The number of nitrogens with zero attached hydrogens (tertiary/aromatic N) is 3. The smallest absolute Gasteiger partial charge is 0.235 e. The highest BCUT2D eigenvalue weighted by Crippen LogP contribution is 2.41. The summed E-state index contributed by atoms with van der Waals surface area (Å²) in [6.07, 6.45) is -0.0458. The Kier molecular flexibility index (Phi) is 3.24. The fraction of sp³-hybridized carbons (Fsp3) is 0.211. The summed E-state index contributed by atoms with van der Waals surface area (Å²) >= 11 is 0. The van der Waals surface area contributed by atoms with Crippen LogP contribution in [0.2, 0.25) is 0 Å². The van der Waals surface area contributed by atoms with Gasteiger partial charge >= 0.3 is 0 Å². The maximum absolute atomic E-state index is 13.8. The normalized spacial score (nSPS) is 21.4. The minimum Gasteiger partial charge on any atom is -0.381 e. The molecule has 0 saturated carbocycles. The molecule has 2 aromatic rings. The van der Waals surface area contributed by atoms with Gasteiger partial charge in [-0.2, -0.15) is 5.26 Å². The molecule has 124 valence electrons. The SMILES string of the molecule is Cc1cc2c(cc1F)C[C@]1(O)CC(=O)N(c3ccccc3C#N)C1=N2. The number of nitriles is 1. The third-order valence-electron chi connectivity index (χ3n) is 4.66. The molecule has 5 nitrogen and oxygen atoms in total. The van der Waals surface area contributed by atoms with Crippen LogP contribution < -0.4 is 4.90 Å². The van der Waals surface area contributed by atoms with Crippen molar-refractivity contribution < 1.29 is 14.3 Å². The van der Waals surface area contributed by atoms with Crippen molar-refractivity contribution in [2.45, 2.75) is 25.4 Å². The molecule has 2 aliphatic rings. The Hall–Kier alpha value is -3.04. The number of fused-ring (bicyclic) bond motifs is 2. The Balaban J connectivity index is 1.91. The highest BCUT2D eigenvalue weighted by atomic mass is 19.1. The second-order valence-corrected chi connectivity index (χ2v) is 6.41. The minimum absolute atomic E-state index is 0.106. The van der Waals surface area contributed by atoms with Gasteiger partial charge in [-0.1, -0.05) is 12.1 Å². The van der Waals surface area contributed by atoms with Gasteiger partial charge in [-0.3, -0.25) is 9.69 Å². The topological polar surface area (TPSA) is 76.7 Å². The van der Waals surface area contributed by atoms with Crippen molar-refractivity contribution in [1.82, 2.24) is 0 Å². The van der Waals surface area contributed by atoms with Crippen molar-refractivity contribution in [3.8, 4) is 6.07 Å². The van der Waals surface area contributed by atoms with E-state index in [0.717, 1.165) is 0 Å². The second-order valence-electron chi connectivity index (χ2n) is 6.41. The van der Waals surface area contributed by atoms with E-state index in [1.807, 2.05) is 0 Å². The lowest BCUT2D eigenvalue weighted by Crippen LogP contribution is -2.44. The number of aryl methyl sites for hydroxylation is 1. The zero-order valence-electron chi connectivity index (χ0n) is 13.5. The number of anilines is 1. The molecular formula is C19H14FN3O2. The van der Waals surface area contributed by atoms with E-state index < -0.39 is 5.60 Å². The summed E-state index contributed by atoms with van der Waals surface area (Å²) in [6.45, 7) is 1.64. The van der Waals surface area contributed by atoms with E-state index in [0.29, 0.717) is 28.1 Å². The van der Waals surface area contributed by atoms with Gasteiger partial charge in [0.05, 0.1) is 23.4 Å². The van der Waals surface area contributed by atoms with Crippen LogP contribution in [-0.2, 0) is 11.2 Å². The Morgan fingerprint density at radius 2 is 2.08 bits per heavy atom. The van der Waals surface area contributed by atoms with Crippen LogP contribution in [0.25, 0.3) is 0 Å². The zero-order valence-corrected chi connectivity index (χ0v) is 13.5. The van der Waals surface area contributed by atoms with E-state index >= 15 is 0 Å². The van der Waals surface area contributed by atoms with Crippen LogP contribution in [0.4, 0.5) is 15.8 Å². The van der Waals surface area contributed by atoms with E-state index in [9.17, 15) is 19.6 Å². The predicted octanol–water partition coefficient (Wildman–Crippen LogP) is 2.76. The maximum Gasteiger partial charge on any atom is 0.235 e. The van der Waals surface area contributed by atoms with Crippen molar-refractivity contribution >= 4 is 23.1 Å². The number of hydrogen-bond acceptors (Lipinski definition) is 4. The van der Waals surface area contributed by atoms with E-state index in [2.05, 4.69) is 11.1 Å². The number of halogens is 1. The Morgan fingerprint density at radius 3 is 2.84 bits per heavy atom. The molecule has 2 heterocycles. The van der Waals surface area contributed by atoms with E-state index in [4.69, 9.17) is 0 Å². The van der Waals surface area contributed by atoms with E-state index in [1.54, 1.807) is 37.3 Å². The number of aliphatic hydroxyl groups is 1. The van der Waals surface area contributed by atoms with Gasteiger partial charge in [0, 0.05) is 6.42 Å². The largest absolute Gasteiger partial charge is 0.381 e. The molecule has 0 bridgehead atoms. The molecule has 0 aromatic heterocycles. The highest BCUT2D eigenvalue weighted by Gasteiger charge is 2.51. The summed E-state index contributed by atoms with van der Waals surface area (Å²) < 4.78 is 13.8. The standard InChI is InChI=1S/C19H14FN3O2/c1-11-6-15-13(7-14(11)20)8-19(25)9-17(24)23(18(19)22-15)16-5-3-2-4-12(16)10-21/h2-7,25H,8-9H2,1H3/t19-/m0/s1. The first-order chi connectivity index (χ1) is 11.9. The van der Waals surface area contributed by atoms with Gasteiger partial charge in [0.2, 0.25) is 5.91 Å². The molecule has 25 heavy (non-hydrogen) atoms. The van der Waals surface area contributed by atoms with Crippen molar-refractivity contribution in [3.05, 3.63) is 58.9 Å². The fourth-order valence-corrected chi connectivity index (χ4v) is 3.42. The number of carbonyl (C=O) groups excluding carboxylic acids is 1. The molecule has 4 rings (SSSR count). The van der Waals surface area contributed by atoms with Crippen LogP contribution in [0, 0.1) is 24.1 Å². The Labute approximate surface area is 143 Å². The number of para-hydroxylation sites is 1. The molecule has 0 aliphatic carbocycles. The first-order valence-electron chi connectivity index (χ1n) is 7.85. The number of rotatable bonds is 1. The summed E-state index contributed by atoms with van der Waals surface area (Å²) in [5, 5.41) is 20.3. The van der Waals surface area contributed by atoms with Crippen LogP contribution >= 0.6 is 0 Å². The number of carbonyl (C=O) groups is 1. The molecule has 0 radical (unpaired) electrons. The average molecular weight is 335 g/mol. The Morgan fingerprint density at radius 1 is 1.32 bits per heavy atom. The molecule has 2 aliphatic heterocycles. The monoisotopic (exact) mass is 335 g/mol. The third-order valence-corrected chi connectivity index (χ3v) is 4.66. The molecule has 2 aromatic carbocycles. The first kappa shape index (κ1) is 15.5. The van der Waals surface area contributed by atoms with E-state index in [-0.39, 0.29) is 30.4 Å². The maximum atomic E-state index is 13.8. The van der Waals surface area contributed by atoms with Crippen LogP contribution in [-0.4, -0.2) is 22.5 Å². The van der Waals surface area contributed by atoms with Gasteiger partial charge in [-0.05, 0) is 42.3 Å². The average Bonchev–Trinajstić information content (AvgIpc) is 2.83. The van der Waals surface area contributed by atoms with Gasteiger partial charge in [-0.15, -0.1) is 0 Å². The third kappa shape index (κ3) is 2.24. The number of amidine groups is 1. The van der Waals surface area contributed by atoms with Gasteiger partial charge in [-0.25, -0.2) is 9.38 Å². The molecular weight excluding hydrogens is 321 g/mol. The van der Waals surface area contributed by atoms with Crippen molar-refractivity contribution in [3.63, 3.8) is 0 Å². The van der Waals surface area contributed by atoms with Crippen molar-refractivity contribution in [1.29, 1.82) is 5.26 Å². The molecule has 0 spiro atoms. The lowest BCUT2D eigenvalue weighted by atomic mass is 9.88. The summed E-state index contributed by atoms with van der Waals surface area (Å²) in [6, 6.07) is 11.7. The fourth-order valence-electron chi connectivity index (χ4n) is 3.42. The molecule has 1 N–H and O–H groups in total. The second kappa shape index (κ2) is 5.23. The zero-order chi connectivity index (χ0) is 17.8. The van der Waals surface area contributed by atoms with E-state index in [1.165, 1.54) is 11.0 Å². The quantitative estimate of drug-likeness (QED) is 0.870. The number of benzene rings is 2. The molecule has 1 saturated heterocycles. The lowest BCUT2D eigenvalue weighted by molar-refractivity contribution is -0.118. The Bertz CT molecular complexity index is 993. The molecule has 6 heteroatoms. The number of aliphatic imine (C=N–C) groups is 1. The van der Waals surface area contributed by atoms with Crippen LogP contribution in [0.15, 0.2) is 41.4 Å². The van der Waals surface area contributed by atoms with Gasteiger partial charge in [0.15, 0.2) is 0 Å². The molecule has 0 unspecified atom stereocenters. The summed E-state index contributed by atoms with van der Waals surface area (Å²) in [5.41, 5.74) is 0.775. The van der Waals surface area contributed by atoms with Crippen molar-refractivity contribution in [2.75, 3.05) is 4.90 Å². The van der Waals surface area contributed by atoms with Crippen molar-refractivity contribution in [2.24, 2.45) is 4.99 Å². The molecule has 1 atom stereocenters. The van der Waals surface area contributed by atoms with Gasteiger partial charge in [0.25, 0.3) is 0 Å². The summed E-state index contributed by atoms with van der Waals surface area (Å²) in [5.74, 6) is -0.510. The molecule has 1 amide bonds. The summed E-state index contributed by atoms with van der Waals surface area (Å²) in [4.78, 5) is 18.4. The number of hydrogen-bond donors (Lipinski definition) is 1.